The molecule has 1 aromatic heterocycles. The molecule has 0 aliphatic carbocycles. The molecule has 2 aromatic rings. The summed E-state index contributed by atoms with van der Waals surface area (Å²) in [5, 5.41) is 3.28. The molecular formula is C16H19FN2O2. The number of nitrogens with zero attached hydrogens (tertiary/aromatic N) is 1. The summed E-state index contributed by atoms with van der Waals surface area (Å²) in [6.07, 6.45) is 3.30. The van der Waals surface area contributed by atoms with E-state index in [1.54, 1.807) is 31.6 Å². The molecule has 1 aromatic carbocycles. The summed E-state index contributed by atoms with van der Waals surface area (Å²) in [6.45, 7) is 2.67. The van der Waals surface area contributed by atoms with Crippen LogP contribution in [0.4, 0.5) is 4.39 Å². The van der Waals surface area contributed by atoms with Gasteiger partial charge in [-0.1, -0.05) is 13.0 Å². The molecule has 0 saturated heterocycles. The van der Waals surface area contributed by atoms with E-state index in [2.05, 4.69) is 10.3 Å². The highest BCUT2D eigenvalue weighted by molar-refractivity contribution is 5.42. The van der Waals surface area contributed by atoms with Crippen LogP contribution >= 0.6 is 0 Å². The van der Waals surface area contributed by atoms with Crippen molar-refractivity contribution in [2.24, 2.45) is 0 Å². The Morgan fingerprint density at radius 2 is 2.00 bits per heavy atom. The predicted molar refractivity (Wildman–Crippen MR) is 79.3 cm³/mol. The van der Waals surface area contributed by atoms with Gasteiger partial charge in [-0.2, -0.15) is 0 Å². The first-order valence-electron chi connectivity index (χ1n) is 6.76. The van der Waals surface area contributed by atoms with E-state index in [1.807, 2.05) is 13.0 Å². The zero-order valence-corrected chi connectivity index (χ0v) is 12.4. The van der Waals surface area contributed by atoms with Crippen LogP contribution in [0.5, 0.6) is 11.5 Å². The largest absolute Gasteiger partial charge is 0.497 e. The highest BCUT2D eigenvalue weighted by Crippen LogP contribution is 2.31. The lowest BCUT2D eigenvalue weighted by atomic mass is 9.98. The molecule has 0 fully saturated rings. The maximum atomic E-state index is 14.4. The number of nitrogens with one attached hydrogen (secondary N) is 1. The Morgan fingerprint density at radius 1 is 1.19 bits per heavy atom. The lowest BCUT2D eigenvalue weighted by molar-refractivity contribution is 0.400. The fraction of sp³-hybridized carbons (Fsp3) is 0.312. The Bertz CT molecular complexity index is 605. The fourth-order valence-electron chi connectivity index (χ4n) is 2.26. The molecule has 0 amide bonds. The Kier molecular flexibility index (Phi) is 5.11. The summed E-state index contributed by atoms with van der Waals surface area (Å²) in [4.78, 5) is 4.04. The molecule has 1 heterocycles. The lowest BCUT2D eigenvalue weighted by Crippen LogP contribution is -2.23. The highest BCUT2D eigenvalue weighted by Gasteiger charge is 2.21. The van der Waals surface area contributed by atoms with Crippen molar-refractivity contribution < 1.29 is 13.9 Å². The van der Waals surface area contributed by atoms with Crippen LogP contribution in [-0.4, -0.2) is 25.7 Å². The predicted octanol–water partition coefficient (Wildman–Crippen LogP) is 2.94. The van der Waals surface area contributed by atoms with Gasteiger partial charge in [0.2, 0.25) is 0 Å². The zero-order chi connectivity index (χ0) is 15.2. The second-order valence-corrected chi connectivity index (χ2v) is 4.50. The van der Waals surface area contributed by atoms with E-state index in [4.69, 9.17) is 9.47 Å². The van der Waals surface area contributed by atoms with Crippen molar-refractivity contribution in [3.8, 4) is 11.5 Å². The van der Waals surface area contributed by atoms with Crippen molar-refractivity contribution in [1.82, 2.24) is 10.3 Å². The fourth-order valence-corrected chi connectivity index (χ4v) is 2.26. The summed E-state index contributed by atoms with van der Waals surface area (Å²) < 4.78 is 24.7. The van der Waals surface area contributed by atoms with E-state index in [-0.39, 0.29) is 11.9 Å². The Labute approximate surface area is 123 Å². The summed E-state index contributed by atoms with van der Waals surface area (Å²) >= 11 is 0. The van der Waals surface area contributed by atoms with Gasteiger partial charge in [0.05, 0.1) is 26.5 Å². The first-order chi connectivity index (χ1) is 10.2. The first-order valence-corrected chi connectivity index (χ1v) is 6.76. The SMILES string of the molecule is CCNC(c1ccc(OC)cc1F)c1ccncc1OC. The molecule has 0 saturated carbocycles. The van der Waals surface area contributed by atoms with Gasteiger partial charge in [-0.05, 0) is 18.7 Å². The number of halogens is 1. The molecule has 21 heavy (non-hydrogen) atoms. The van der Waals surface area contributed by atoms with Crippen LogP contribution in [-0.2, 0) is 0 Å². The van der Waals surface area contributed by atoms with E-state index in [9.17, 15) is 4.39 Å². The maximum absolute atomic E-state index is 14.4. The average Bonchev–Trinajstić information content (AvgIpc) is 2.53. The Hall–Kier alpha value is -2.14. The lowest BCUT2D eigenvalue weighted by Gasteiger charge is -2.21. The molecule has 0 aliphatic rings. The molecule has 0 radical (unpaired) electrons. The van der Waals surface area contributed by atoms with Gasteiger partial charge in [0, 0.05) is 23.4 Å². The van der Waals surface area contributed by atoms with E-state index >= 15 is 0 Å². The van der Waals surface area contributed by atoms with Gasteiger partial charge in [0.15, 0.2) is 0 Å². The molecule has 0 aliphatic heterocycles. The maximum Gasteiger partial charge on any atom is 0.142 e. The molecule has 1 atom stereocenters. The third kappa shape index (κ3) is 3.31. The van der Waals surface area contributed by atoms with Gasteiger partial charge in [0.25, 0.3) is 0 Å². The smallest absolute Gasteiger partial charge is 0.142 e. The highest BCUT2D eigenvalue weighted by atomic mass is 19.1. The number of rotatable bonds is 6. The van der Waals surface area contributed by atoms with Crippen molar-refractivity contribution >= 4 is 0 Å². The van der Waals surface area contributed by atoms with E-state index < -0.39 is 0 Å². The number of benzene rings is 1. The summed E-state index contributed by atoms with van der Waals surface area (Å²) in [6, 6.07) is 6.37. The molecule has 0 spiro atoms. The Morgan fingerprint density at radius 3 is 2.62 bits per heavy atom. The molecule has 1 unspecified atom stereocenters. The molecule has 112 valence electrons. The second-order valence-electron chi connectivity index (χ2n) is 4.50. The van der Waals surface area contributed by atoms with Gasteiger partial charge in [-0.3, -0.25) is 4.98 Å². The van der Waals surface area contributed by atoms with E-state index in [1.165, 1.54) is 13.2 Å². The molecule has 5 heteroatoms. The minimum atomic E-state index is -0.320. The van der Waals surface area contributed by atoms with E-state index in [0.717, 1.165) is 5.56 Å². The van der Waals surface area contributed by atoms with Gasteiger partial charge >= 0.3 is 0 Å². The first kappa shape index (κ1) is 15.3. The Balaban J connectivity index is 2.48. The van der Waals surface area contributed by atoms with Gasteiger partial charge < -0.3 is 14.8 Å². The van der Waals surface area contributed by atoms with Crippen molar-refractivity contribution in [2.45, 2.75) is 13.0 Å². The standard InChI is InChI=1S/C16H19FN2O2/c1-4-19-16(13-7-8-18-10-15(13)21-3)12-6-5-11(20-2)9-14(12)17/h5-10,16,19H,4H2,1-3H3. The monoisotopic (exact) mass is 290 g/mol. The molecule has 1 N–H and O–H groups in total. The van der Waals surface area contributed by atoms with Crippen molar-refractivity contribution in [3.63, 3.8) is 0 Å². The van der Waals surface area contributed by atoms with Crippen LogP contribution in [0, 0.1) is 5.82 Å². The van der Waals surface area contributed by atoms with Crippen molar-refractivity contribution in [2.75, 3.05) is 20.8 Å². The number of ether oxygens (including phenoxy) is 2. The molecule has 4 nitrogen and oxygen atoms in total. The topological polar surface area (TPSA) is 43.4 Å². The molecule has 0 bridgehead atoms. The number of methoxy groups -OCH3 is 2. The zero-order valence-electron chi connectivity index (χ0n) is 12.4. The van der Waals surface area contributed by atoms with E-state index in [0.29, 0.717) is 23.6 Å². The average molecular weight is 290 g/mol. The minimum Gasteiger partial charge on any atom is -0.497 e. The summed E-state index contributed by atoms with van der Waals surface area (Å²) in [5.41, 5.74) is 1.39. The number of hydrogen-bond donors (Lipinski definition) is 1. The van der Waals surface area contributed by atoms with Crippen molar-refractivity contribution in [1.29, 1.82) is 0 Å². The van der Waals surface area contributed by atoms with Crippen LogP contribution in [0.1, 0.15) is 24.1 Å². The van der Waals surface area contributed by atoms with Crippen LogP contribution in [0.2, 0.25) is 0 Å². The third-order valence-corrected chi connectivity index (χ3v) is 3.27. The normalized spacial score (nSPS) is 12.0. The van der Waals surface area contributed by atoms with Crippen molar-refractivity contribution in [3.05, 3.63) is 53.6 Å². The van der Waals surface area contributed by atoms with Crippen LogP contribution in [0.25, 0.3) is 0 Å². The number of aromatic nitrogens is 1. The van der Waals surface area contributed by atoms with Crippen LogP contribution in [0.3, 0.4) is 0 Å². The minimum absolute atomic E-state index is 0.307. The second kappa shape index (κ2) is 7.04. The van der Waals surface area contributed by atoms with Crippen LogP contribution in [0.15, 0.2) is 36.7 Å². The number of hydrogen-bond acceptors (Lipinski definition) is 4. The summed E-state index contributed by atoms with van der Waals surface area (Å²) in [7, 11) is 3.09. The van der Waals surface area contributed by atoms with Gasteiger partial charge in [-0.25, -0.2) is 4.39 Å². The third-order valence-electron chi connectivity index (χ3n) is 3.27. The van der Waals surface area contributed by atoms with Crippen LogP contribution < -0.4 is 14.8 Å². The summed E-state index contributed by atoms with van der Waals surface area (Å²) in [5.74, 6) is 0.797. The molecule has 2 rings (SSSR count). The quantitative estimate of drug-likeness (QED) is 0.888. The van der Waals surface area contributed by atoms with Gasteiger partial charge in [-0.15, -0.1) is 0 Å². The van der Waals surface area contributed by atoms with Gasteiger partial charge in [0.1, 0.15) is 17.3 Å². The number of pyridine rings is 1. The molecular weight excluding hydrogens is 271 g/mol.